The van der Waals surface area contributed by atoms with Crippen LogP contribution < -0.4 is 9.62 Å². The van der Waals surface area contributed by atoms with E-state index >= 15 is 0 Å². The molecular weight excluding hydrogens is 308 g/mol. The summed E-state index contributed by atoms with van der Waals surface area (Å²) < 4.78 is 24.8. The van der Waals surface area contributed by atoms with E-state index in [0.717, 1.165) is 11.8 Å². The standard InChI is InChI=1S/C14H16N2O5S/c1-22(20,21)16-6-5-8-11(3-2-4-12(8)16)15-13(17)9-7-10(9)14(18)19/h2-4,9-10H,5-7H2,1H3,(H,15,17)(H,18,19)/t9-,10+/m1/s1. The molecule has 1 aliphatic heterocycles. The summed E-state index contributed by atoms with van der Waals surface area (Å²) in [5, 5.41) is 11.6. The Hall–Kier alpha value is -2.09. The quantitative estimate of drug-likeness (QED) is 0.847. The minimum Gasteiger partial charge on any atom is -0.481 e. The molecule has 0 bridgehead atoms. The van der Waals surface area contributed by atoms with Gasteiger partial charge in [-0.1, -0.05) is 6.07 Å². The lowest BCUT2D eigenvalue weighted by Crippen LogP contribution is -2.27. The Labute approximate surface area is 128 Å². The first kappa shape index (κ1) is 14.8. The molecule has 0 radical (unpaired) electrons. The van der Waals surface area contributed by atoms with Gasteiger partial charge in [0, 0.05) is 17.8 Å². The van der Waals surface area contributed by atoms with Crippen LogP contribution in [0.2, 0.25) is 0 Å². The Balaban J connectivity index is 1.81. The number of carboxylic acids is 1. The van der Waals surface area contributed by atoms with Gasteiger partial charge in [0.05, 0.1) is 23.8 Å². The van der Waals surface area contributed by atoms with E-state index in [4.69, 9.17) is 5.11 Å². The number of nitrogens with one attached hydrogen (secondary N) is 1. The normalized spacial score (nSPS) is 23.0. The van der Waals surface area contributed by atoms with Crippen LogP contribution in [0.25, 0.3) is 0 Å². The summed E-state index contributed by atoms with van der Waals surface area (Å²) in [5.41, 5.74) is 1.91. The van der Waals surface area contributed by atoms with Crippen molar-refractivity contribution >= 4 is 33.3 Å². The van der Waals surface area contributed by atoms with Gasteiger partial charge in [-0.05, 0) is 25.0 Å². The average Bonchev–Trinajstić information content (AvgIpc) is 3.10. The van der Waals surface area contributed by atoms with Crippen molar-refractivity contribution in [3.63, 3.8) is 0 Å². The van der Waals surface area contributed by atoms with E-state index < -0.39 is 27.8 Å². The van der Waals surface area contributed by atoms with Gasteiger partial charge < -0.3 is 10.4 Å². The van der Waals surface area contributed by atoms with E-state index in [0.29, 0.717) is 30.8 Å². The number of benzene rings is 1. The number of hydrogen-bond donors (Lipinski definition) is 2. The molecule has 3 rings (SSSR count). The molecular formula is C14H16N2O5S. The van der Waals surface area contributed by atoms with E-state index in [1.165, 1.54) is 4.31 Å². The average molecular weight is 324 g/mol. The fourth-order valence-corrected chi connectivity index (χ4v) is 3.80. The lowest BCUT2D eigenvalue weighted by Gasteiger charge is -2.17. The van der Waals surface area contributed by atoms with Crippen molar-refractivity contribution in [2.45, 2.75) is 12.8 Å². The molecule has 2 N–H and O–H groups in total. The predicted octanol–water partition coefficient (Wildman–Crippen LogP) is 0.668. The molecule has 1 fully saturated rings. The lowest BCUT2D eigenvalue weighted by molar-refractivity contribution is -0.139. The van der Waals surface area contributed by atoms with Gasteiger partial charge in [-0.3, -0.25) is 13.9 Å². The molecule has 2 aliphatic rings. The number of aliphatic carboxylic acids is 1. The molecule has 1 amide bonds. The summed E-state index contributed by atoms with van der Waals surface area (Å²) in [6.45, 7) is 0.349. The number of nitrogens with zero attached hydrogens (tertiary/aromatic N) is 1. The van der Waals surface area contributed by atoms with Crippen LogP contribution >= 0.6 is 0 Å². The van der Waals surface area contributed by atoms with Gasteiger partial charge in [-0.2, -0.15) is 0 Å². The summed E-state index contributed by atoms with van der Waals surface area (Å²) >= 11 is 0. The minimum atomic E-state index is -3.34. The zero-order valence-corrected chi connectivity index (χ0v) is 12.8. The molecule has 1 aromatic rings. The molecule has 0 spiro atoms. The molecule has 1 saturated carbocycles. The molecule has 8 heteroatoms. The van der Waals surface area contributed by atoms with Gasteiger partial charge in [-0.15, -0.1) is 0 Å². The van der Waals surface area contributed by atoms with Crippen LogP contribution in [-0.2, 0) is 26.0 Å². The SMILES string of the molecule is CS(=O)(=O)N1CCc2c(NC(=O)[C@@H]3C[C@@H]3C(=O)O)cccc21. The molecule has 2 atom stereocenters. The number of hydrogen-bond acceptors (Lipinski definition) is 4. The largest absolute Gasteiger partial charge is 0.481 e. The van der Waals surface area contributed by atoms with Crippen molar-refractivity contribution in [3.05, 3.63) is 23.8 Å². The van der Waals surface area contributed by atoms with Crippen molar-refractivity contribution in [3.8, 4) is 0 Å². The van der Waals surface area contributed by atoms with Gasteiger partial charge in [0.15, 0.2) is 0 Å². The predicted molar refractivity (Wildman–Crippen MR) is 80.2 cm³/mol. The van der Waals surface area contributed by atoms with Gasteiger partial charge in [-0.25, -0.2) is 8.42 Å². The molecule has 1 heterocycles. The second-order valence-corrected chi connectivity index (χ2v) is 7.57. The third kappa shape index (κ3) is 2.54. The second kappa shape index (κ2) is 4.98. The maximum atomic E-state index is 12.1. The van der Waals surface area contributed by atoms with Crippen LogP contribution in [0.4, 0.5) is 11.4 Å². The first-order valence-corrected chi connectivity index (χ1v) is 8.77. The van der Waals surface area contributed by atoms with Crippen LogP contribution in [0.1, 0.15) is 12.0 Å². The molecule has 118 valence electrons. The third-order valence-electron chi connectivity index (χ3n) is 4.09. The highest BCUT2D eigenvalue weighted by Crippen LogP contribution is 2.41. The zero-order chi connectivity index (χ0) is 16.1. The number of fused-ring (bicyclic) bond motifs is 1. The summed E-state index contributed by atoms with van der Waals surface area (Å²) in [6.07, 6.45) is 2.02. The second-order valence-electron chi connectivity index (χ2n) is 5.66. The highest BCUT2D eigenvalue weighted by molar-refractivity contribution is 7.92. The van der Waals surface area contributed by atoms with E-state index in [-0.39, 0.29) is 5.91 Å². The smallest absolute Gasteiger partial charge is 0.307 e. The highest BCUT2D eigenvalue weighted by Gasteiger charge is 2.48. The highest BCUT2D eigenvalue weighted by atomic mass is 32.2. The fourth-order valence-electron chi connectivity index (χ4n) is 2.85. The molecule has 7 nitrogen and oxygen atoms in total. The van der Waals surface area contributed by atoms with Crippen molar-refractivity contribution in [2.24, 2.45) is 11.8 Å². The molecule has 1 aliphatic carbocycles. The van der Waals surface area contributed by atoms with E-state index in [1.54, 1.807) is 18.2 Å². The van der Waals surface area contributed by atoms with Crippen molar-refractivity contribution in [1.29, 1.82) is 0 Å². The lowest BCUT2D eigenvalue weighted by atomic mass is 10.1. The van der Waals surface area contributed by atoms with Crippen LogP contribution in [0, 0.1) is 11.8 Å². The molecule has 0 unspecified atom stereocenters. The van der Waals surface area contributed by atoms with Gasteiger partial charge >= 0.3 is 5.97 Å². The topological polar surface area (TPSA) is 104 Å². The molecule has 22 heavy (non-hydrogen) atoms. The number of carboxylic acid groups (broad SMARTS) is 1. The zero-order valence-electron chi connectivity index (χ0n) is 11.9. The number of rotatable bonds is 4. The monoisotopic (exact) mass is 324 g/mol. The number of anilines is 2. The van der Waals surface area contributed by atoms with Crippen LogP contribution in [0.15, 0.2) is 18.2 Å². The van der Waals surface area contributed by atoms with E-state index in [1.807, 2.05) is 0 Å². The first-order valence-electron chi connectivity index (χ1n) is 6.92. The number of carbonyl (C=O) groups excluding carboxylic acids is 1. The van der Waals surface area contributed by atoms with Gasteiger partial charge in [0.25, 0.3) is 0 Å². The van der Waals surface area contributed by atoms with E-state index in [2.05, 4.69) is 5.32 Å². The van der Waals surface area contributed by atoms with Crippen LogP contribution in [-0.4, -0.2) is 38.2 Å². The van der Waals surface area contributed by atoms with Crippen LogP contribution in [0.3, 0.4) is 0 Å². The van der Waals surface area contributed by atoms with Gasteiger partial charge in [0.1, 0.15) is 0 Å². The van der Waals surface area contributed by atoms with E-state index in [9.17, 15) is 18.0 Å². The van der Waals surface area contributed by atoms with Gasteiger partial charge in [0.2, 0.25) is 15.9 Å². The Bertz CT molecular complexity index is 758. The first-order chi connectivity index (χ1) is 10.3. The Morgan fingerprint density at radius 2 is 2.05 bits per heavy atom. The van der Waals surface area contributed by atoms with Crippen molar-refractivity contribution < 1.29 is 23.1 Å². The number of carbonyl (C=O) groups is 2. The Morgan fingerprint density at radius 1 is 1.32 bits per heavy atom. The van der Waals surface area contributed by atoms with Crippen LogP contribution in [0.5, 0.6) is 0 Å². The summed E-state index contributed by atoms with van der Waals surface area (Å²) in [4.78, 5) is 22.9. The fraction of sp³-hybridized carbons (Fsp3) is 0.429. The molecule has 0 saturated heterocycles. The van der Waals surface area contributed by atoms with Crippen molar-refractivity contribution in [2.75, 3.05) is 22.4 Å². The summed E-state index contributed by atoms with van der Waals surface area (Å²) in [5.74, 6) is -2.38. The Morgan fingerprint density at radius 3 is 2.64 bits per heavy atom. The maximum Gasteiger partial charge on any atom is 0.307 e. The maximum absolute atomic E-state index is 12.1. The molecule has 1 aromatic carbocycles. The Kier molecular flexibility index (Phi) is 3.36. The number of amides is 1. The third-order valence-corrected chi connectivity index (χ3v) is 5.27. The number of sulfonamides is 1. The van der Waals surface area contributed by atoms with Crippen molar-refractivity contribution in [1.82, 2.24) is 0 Å². The minimum absolute atomic E-state index is 0.321. The molecule has 0 aromatic heterocycles. The summed E-state index contributed by atoms with van der Waals surface area (Å²) in [7, 11) is -3.34. The summed E-state index contributed by atoms with van der Waals surface area (Å²) in [6, 6.07) is 5.09.